The van der Waals surface area contributed by atoms with Gasteiger partial charge in [0, 0.05) is 44.1 Å². The molecule has 0 spiro atoms. The molecule has 0 radical (unpaired) electrons. The number of carbonyl (C=O) groups excluding carboxylic acids is 1. The van der Waals surface area contributed by atoms with Crippen molar-refractivity contribution in [3.63, 3.8) is 0 Å². The Bertz CT molecular complexity index is 1110. The van der Waals surface area contributed by atoms with E-state index in [2.05, 4.69) is 35.8 Å². The topological polar surface area (TPSA) is 128 Å². The molecule has 3 aromatic rings. The molecule has 2 aromatic heterocycles. The minimum Gasteiger partial charge on any atom is -0.488 e. The second-order valence-electron chi connectivity index (χ2n) is 8.26. The van der Waals surface area contributed by atoms with Gasteiger partial charge in [0.1, 0.15) is 11.2 Å². The molecule has 11 heteroatoms. The van der Waals surface area contributed by atoms with Crippen LogP contribution in [0, 0.1) is 0 Å². The quantitative estimate of drug-likeness (QED) is 0.572. The number of nitrogens with zero attached hydrogens (tertiary/aromatic N) is 5. The summed E-state index contributed by atoms with van der Waals surface area (Å²) in [5.41, 5.74) is 2.72. The Kier molecular flexibility index (Phi) is 6.20. The highest BCUT2D eigenvalue weighted by Crippen LogP contribution is 2.33. The van der Waals surface area contributed by atoms with Gasteiger partial charge in [-0.1, -0.05) is 0 Å². The van der Waals surface area contributed by atoms with Crippen molar-refractivity contribution < 1.29 is 18.9 Å². The van der Waals surface area contributed by atoms with Crippen molar-refractivity contribution >= 4 is 28.6 Å². The standard InChI is InChI=1S/C22H27N7O4/c1-23-21(30)17-6-7-24-22(26-17)25-14-2-4-16(5-3-14)32-19-13-15(29-8-10-31-11-9-29)12-18-20(19)28-33-27-18/h6-7,12-14,16H,2-5,8-11H2,1H3,(H,23,30)(H,24,25,26)/t14-,16+. The molecule has 2 N–H and O–H groups in total. The Labute approximate surface area is 190 Å². The summed E-state index contributed by atoms with van der Waals surface area (Å²) in [7, 11) is 1.58. The molecule has 33 heavy (non-hydrogen) atoms. The smallest absolute Gasteiger partial charge is 0.269 e. The summed E-state index contributed by atoms with van der Waals surface area (Å²) in [6.07, 6.45) is 5.22. The lowest BCUT2D eigenvalue weighted by Crippen LogP contribution is -2.36. The van der Waals surface area contributed by atoms with Crippen LogP contribution < -0.4 is 20.3 Å². The number of morpholine rings is 1. The monoisotopic (exact) mass is 453 g/mol. The van der Waals surface area contributed by atoms with Gasteiger partial charge >= 0.3 is 0 Å². The van der Waals surface area contributed by atoms with E-state index in [4.69, 9.17) is 14.1 Å². The number of nitrogens with one attached hydrogen (secondary N) is 2. The summed E-state index contributed by atoms with van der Waals surface area (Å²) < 4.78 is 16.8. The van der Waals surface area contributed by atoms with E-state index in [0.717, 1.165) is 44.5 Å². The van der Waals surface area contributed by atoms with Gasteiger partial charge in [-0.25, -0.2) is 14.6 Å². The summed E-state index contributed by atoms with van der Waals surface area (Å²) in [6.45, 7) is 3.07. The van der Waals surface area contributed by atoms with E-state index >= 15 is 0 Å². The van der Waals surface area contributed by atoms with Gasteiger partial charge in [-0.05, 0) is 48.1 Å². The second kappa shape index (κ2) is 9.57. The van der Waals surface area contributed by atoms with Gasteiger partial charge in [-0.2, -0.15) is 0 Å². The number of aromatic nitrogens is 4. The van der Waals surface area contributed by atoms with Crippen LogP contribution in [-0.4, -0.2) is 71.7 Å². The van der Waals surface area contributed by atoms with Gasteiger partial charge in [0.2, 0.25) is 5.95 Å². The highest BCUT2D eigenvalue weighted by molar-refractivity contribution is 5.92. The molecule has 0 bridgehead atoms. The molecule has 1 aliphatic carbocycles. The summed E-state index contributed by atoms with van der Waals surface area (Å²) in [5, 5.41) is 14.0. The van der Waals surface area contributed by atoms with Crippen molar-refractivity contribution in [1.82, 2.24) is 25.6 Å². The van der Waals surface area contributed by atoms with E-state index < -0.39 is 0 Å². The molecule has 5 rings (SSSR count). The Morgan fingerprint density at radius 3 is 2.76 bits per heavy atom. The van der Waals surface area contributed by atoms with Gasteiger partial charge in [0.25, 0.3) is 5.91 Å². The first-order valence-electron chi connectivity index (χ1n) is 11.3. The van der Waals surface area contributed by atoms with Crippen LogP contribution in [0.4, 0.5) is 11.6 Å². The lowest BCUT2D eigenvalue weighted by molar-refractivity contribution is 0.0958. The third-order valence-corrected chi connectivity index (χ3v) is 6.10. The van der Waals surface area contributed by atoms with Gasteiger partial charge in [-0.15, -0.1) is 0 Å². The number of hydrogen-bond acceptors (Lipinski definition) is 10. The molecule has 1 aromatic carbocycles. The molecule has 0 atom stereocenters. The summed E-state index contributed by atoms with van der Waals surface area (Å²) >= 11 is 0. The highest BCUT2D eigenvalue weighted by Gasteiger charge is 2.25. The fourth-order valence-corrected chi connectivity index (χ4v) is 4.31. The molecule has 1 saturated carbocycles. The number of ether oxygens (including phenoxy) is 2. The Balaban J connectivity index is 1.22. The Morgan fingerprint density at radius 2 is 1.97 bits per heavy atom. The van der Waals surface area contributed by atoms with Crippen molar-refractivity contribution in [3.8, 4) is 5.75 Å². The van der Waals surface area contributed by atoms with Crippen molar-refractivity contribution in [3.05, 3.63) is 30.1 Å². The maximum Gasteiger partial charge on any atom is 0.269 e. The average molecular weight is 454 g/mol. The minimum atomic E-state index is -0.231. The zero-order valence-electron chi connectivity index (χ0n) is 18.5. The number of anilines is 2. The lowest BCUT2D eigenvalue weighted by Gasteiger charge is -2.31. The summed E-state index contributed by atoms with van der Waals surface area (Å²) in [6, 6.07) is 5.83. The van der Waals surface area contributed by atoms with E-state index in [0.29, 0.717) is 41.6 Å². The van der Waals surface area contributed by atoms with E-state index in [1.807, 2.05) is 12.1 Å². The summed E-state index contributed by atoms with van der Waals surface area (Å²) in [5.74, 6) is 0.938. The first-order valence-corrected chi connectivity index (χ1v) is 11.3. The van der Waals surface area contributed by atoms with Crippen molar-refractivity contribution in [2.75, 3.05) is 43.6 Å². The summed E-state index contributed by atoms with van der Waals surface area (Å²) in [4.78, 5) is 22.6. The molecular weight excluding hydrogens is 426 g/mol. The maximum atomic E-state index is 11.8. The first kappa shape index (κ1) is 21.4. The molecule has 1 aliphatic heterocycles. The lowest BCUT2D eigenvalue weighted by atomic mass is 9.93. The van der Waals surface area contributed by atoms with Crippen LogP contribution in [-0.2, 0) is 4.74 Å². The average Bonchev–Trinajstić information content (AvgIpc) is 3.35. The van der Waals surface area contributed by atoms with Crippen LogP contribution in [0.25, 0.3) is 11.0 Å². The number of rotatable bonds is 6. The van der Waals surface area contributed by atoms with Crippen LogP contribution in [0.2, 0.25) is 0 Å². The molecule has 1 amide bonds. The molecule has 0 unspecified atom stereocenters. The van der Waals surface area contributed by atoms with E-state index in [-0.39, 0.29) is 18.1 Å². The van der Waals surface area contributed by atoms with Crippen LogP contribution in [0.15, 0.2) is 29.0 Å². The predicted octanol–water partition coefficient (Wildman–Crippen LogP) is 2.01. The molecule has 174 valence electrons. The van der Waals surface area contributed by atoms with Crippen molar-refractivity contribution in [2.24, 2.45) is 0 Å². The number of amides is 1. The highest BCUT2D eigenvalue weighted by atomic mass is 16.6. The second-order valence-corrected chi connectivity index (χ2v) is 8.26. The molecular formula is C22H27N7O4. The Morgan fingerprint density at radius 1 is 1.15 bits per heavy atom. The van der Waals surface area contributed by atoms with E-state index in [1.54, 1.807) is 19.3 Å². The molecule has 11 nitrogen and oxygen atoms in total. The molecule has 2 fully saturated rings. The maximum absolute atomic E-state index is 11.8. The number of carbonyl (C=O) groups is 1. The molecule has 3 heterocycles. The molecule has 2 aliphatic rings. The zero-order chi connectivity index (χ0) is 22.6. The van der Waals surface area contributed by atoms with Crippen molar-refractivity contribution in [2.45, 2.75) is 37.8 Å². The fourth-order valence-electron chi connectivity index (χ4n) is 4.31. The predicted molar refractivity (Wildman–Crippen MR) is 121 cm³/mol. The van der Waals surface area contributed by atoms with Crippen molar-refractivity contribution in [1.29, 1.82) is 0 Å². The van der Waals surface area contributed by atoms with Gasteiger partial charge in [0.05, 0.1) is 19.3 Å². The third kappa shape index (κ3) is 4.82. The largest absolute Gasteiger partial charge is 0.488 e. The van der Waals surface area contributed by atoms with Crippen LogP contribution >= 0.6 is 0 Å². The van der Waals surface area contributed by atoms with E-state index in [1.165, 1.54) is 0 Å². The van der Waals surface area contributed by atoms with Crippen LogP contribution in [0.5, 0.6) is 5.75 Å². The van der Waals surface area contributed by atoms with E-state index in [9.17, 15) is 4.79 Å². The van der Waals surface area contributed by atoms with Crippen LogP contribution in [0.1, 0.15) is 36.2 Å². The third-order valence-electron chi connectivity index (χ3n) is 6.10. The fraction of sp³-hybridized carbons (Fsp3) is 0.500. The van der Waals surface area contributed by atoms with Gasteiger partial charge < -0.3 is 25.0 Å². The SMILES string of the molecule is CNC(=O)c1ccnc(N[C@H]2CC[C@@H](Oc3cc(N4CCOCC4)cc4nonc34)CC2)n1. The number of hydrogen-bond donors (Lipinski definition) is 2. The van der Waals surface area contributed by atoms with Gasteiger partial charge in [0.15, 0.2) is 11.3 Å². The number of fused-ring (bicyclic) bond motifs is 1. The normalized spacial score (nSPS) is 21.1. The van der Waals surface area contributed by atoms with Gasteiger partial charge in [-0.3, -0.25) is 4.79 Å². The number of benzene rings is 1. The zero-order valence-corrected chi connectivity index (χ0v) is 18.5. The molecule has 1 saturated heterocycles. The minimum absolute atomic E-state index is 0.0704. The van der Waals surface area contributed by atoms with Crippen LogP contribution in [0.3, 0.4) is 0 Å². The first-order chi connectivity index (χ1) is 16.2. The Hall–Kier alpha value is -3.47.